The Bertz CT molecular complexity index is 324. The molecule has 2 nitrogen and oxygen atoms in total. The van der Waals surface area contributed by atoms with Gasteiger partial charge in [-0.2, -0.15) is 0 Å². The molecule has 0 unspecified atom stereocenters. The Balaban J connectivity index is 3.14. The summed E-state index contributed by atoms with van der Waals surface area (Å²) in [6.45, 7) is 6.66. The second-order valence-electron chi connectivity index (χ2n) is 5.11. The van der Waals surface area contributed by atoms with Crippen LogP contribution in [0.15, 0.2) is 24.3 Å². The van der Waals surface area contributed by atoms with Crippen LogP contribution in [0.5, 0.6) is 0 Å². The van der Waals surface area contributed by atoms with Crippen LogP contribution in [-0.2, 0) is 0 Å². The Morgan fingerprint density at radius 2 is 1.33 bits per heavy atom. The van der Waals surface area contributed by atoms with E-state index < -0.39 is 0 Å². The van der Waals surface area contributed by atoms with Crippen LogP contribution in [0.2, 0.25) is 0 Å². The molecule has 0 aliphatic carbocycles. The minimum absolute atomic E-state index is 0.145. The molecule has 0 N–H and O–H groups in total. The standard InChI is InChI=1S/C13H22N2/c1-13(2,3)15(6)12-10-8-7-9-11(12)14(4)5/h7-10H,1-6H3. The van der Waals surface area contributed by atoms with E-state index in [2.05, 4.69) is 76.0 Å². The van der Waals surface area contributed by atoms with Crippen LogP contribution in [0.25, 0.3) is 0 Å². The van der Waals surface area contributed by atoms with Crippen molar-refractivity contribution in [2.24, 2.45) is 0 Å². The highest BCUT2D eigenvalue weighted by atomic mass is 15.2. The molecule has 0 bridgehead atoms. The van der Waals surface area contributed by atoms with Crippen LogP contribution in [0.3, 0.4) is 0 Å². The first-order valence-corrected chi connectivity index (χ1v) is 5.34. The molecule has 0 saturated heterocycles. The minimum atomic E-state index is 0.145. The summed E-state index contributed by atoms with van der Waals surface area (Å²) in [5, 5.41) is 0. The van der Waals surface area contributed by atoms with Gasteiger partial charge in [0.1, 0.15) is 0 Å². The van der Waals surface area contributed by atoms with Crippen molar-refractivity contribution in [2.45, 2.75) is 26.3 Å². The fourth-order valence-corrected chi connectivity index (χ4v) is 1.49. The van der Waals surface area contributed by atoms with Crippen LogP contribution in [0.1, 0.15) is 20.8 Å². The monoisotopic (exact) mass is 206 g/mol. The number of anilines is 2. The third-order valence-electron chi connectivity index (χ3n) is 2.73. The summed E-state index contributed by atoms with van der Waals surface area (Å²) < 4.78 is 0. The smallest absolute Gasteiger partial charge is 0.0605 e. The third kappa shape index (κ3) is 2.65. The van der Waals surface area contributed by atoms with Crippen LogP contribution in [-0.4, -0.2) is 26.7 Å². The molecule has 0 atom stereocenters. The average molecular weight is 206 g/mol. The van der Waals surface area contributed by atoms with Gasteiger partial charge in [-0.15, -0.1) is 0 Å². The van der Waals surface area contributed by atoms with Gasteiger partial charge < -0.3 is 9.80 Å². The maximum Gasteiger partial charge on any atom is 0.0605 e. The van der Waals surface area contributed by atoms with E-state index in [0.29, 0.717) is 0 Å². The lowest BCUT2D eigenvalue weighted by Gasteiger charge is -2.36. The van der Waals surface area contributed by atoms with E-state index in [1.165, 1.54) is 11.4 Å². The molecule has 0 aromatic heterocycles. The van der Waals surface area contributed by atoms with Crippen molar-refractivity contribution in [1.82, 2.24) is 0 Å². The molecule has 84 valence electrons. The Morgan fingerprint density at radius 3 is 1.73 bits per heavy atom. The van der Waals surface area contributed by atoms with Crippen LogP contribution in [0, 0.1) is 0 Å². The number of rotatable bonds is 2. The minimum Gasteiger partial charge on any atom is -0.376 e. The lowest BCUT2D eigenvalue weighted by molar-refractivity contribution is 0.539. The molecule has 1 aromatic rings. The largest absolute Gasteiger partial charge is 0.376 e. The summed E-state index contributed by atoms with van der Waals surface area (Å²) >= 11 is 0. The van der Waals surface area contributed by atoms with Gasteiger partial charge in [0.25, 0.3) is 0 Å². The van der Waals surface area contributed by atoms with Crippen LogP contribution in [0.4, 0.5) is 11.4 Å². The first kappa shape index (κ1) is 11.9. The molecule has 15 heavy (non-hydrogen) atoms. The molecular formula is C13H22N2. The number of hydrogen-bond donors (Lipinski definition) is 0. The first-order chi connectivity index (χ1) is 6.84. The normalized spacial score (nSPS) is 11.3. The fourth-order valence-electron chi connectivity index (χ4n) is 1.49. The lowest BCUT2D eigenvalue weighted by atomic mass is 10.1. The van der Waals surface area contributed by atoms with Crippen molar-refractivity contribution in [2.75, 3.05) is 30.9 Å². The van der Waals surface area contributed by atoms with Crippen molar-refractivity contribution < 1.29 is 0 Å². The Hall–Kier alpha value is -1.18. The molecule has 2 heteroatoms. The van der Waals surface area contributed by atoms with E-state index in [9.17, 15) is 0 Å². The number of benzene rings is 1. The number of para-hydroxylation sites is 2. The van der Waals surface area contributed by atoms with Gasteiger partial charge in [0.05, 0.1) is 11.4 Å². The van der Waals surface area contributed by atoms with Crippen molar-refractivity contribution in [3.05, 3.63) is 24.3 Å². The summed E-state index contributed by atoms with van der Waals surface area (Å²) in [7, 11) is 6.30. The average Bonchev–Trinajstić information content (AvgIpc) is 2.15. The van der Waals surface area contributed by atoms with Crippen molar-refractivity contribution >= 4 is 11.4 Å². The van der Waals surface area contributed by atoms with Crippen LogP contribution < -0.4 is 9.80 Å². The SMILES string of the molecule is CN(C)c1ccccc1N(C)C(C)(C)C. The zero-order chi connectivity index (χ0) is 11.6. The lowest BCUT2D eigenvalue weighted by Crippen LogP contribution is -2.38. The topological polar surface area (TPSA) is 6.48 Å². The van der Waals surface area contributed by atoms with Gasteiger partial charge in [-0.3, -0.25) is 0 Å². The highest BCUT2D eigenvalue weighted by Crippen LogP contribution is 2.30. The van der Waals surface area contributed by atoms with Gasteiger partial charge >= 0.3 is 0 Å². The summed E-state index contributed by atoms with van der Waals surface area (Å²) in [4.78, 5) is 4.46. The Kier molecular flexibility index (Phi) is 3.28. The summed E-state index contributed by atoms with van der Waals surface area (Å²) in [6.07, 6.45) is 0. The molecule has 0 heterocycles. The van der Waals surface area contributed by atoms with Gasteiger partial charge in [-0.05, 0) is 32.9 Å². The summed E-state index contributed by atoms with van der Waals surface area (Å²) in [5.41, 5.74) is 2.68. The Labute approximate surface area is 93.5 Å². The predicted molar refractivity (Wildman–Crippen MR) is 68.9 cm³/mol. The molecule has 1 rings (SSSR count). The van der Waals surface area contributed by atoms with Gasteiger partial charge in [0.2, 0.25) is 0 Å². The molecule has 0 spiro atoms. The van der Waals surface area contributed by atoms with Gasteiger partial charge in [0, 0.05) is 26.7 Å². The quantitative estimate of drug-likeness (QED) is 0.734. The van der Waals surface area contributed by atoms with Gasteiger partial charge in [-0.25, -0.2) is 0 Å². The molecule has 0 aliphatic heterocycles. The first-order valence-electron chi connectivity index (χ1n) is 5.34. The molecule has 0 radical (unpaired) electrons. The van der Waals surface area contributed by atoms with E-state index in [0.717, 1.165) is 0 Å². The summed E-state index contributed by atoms with van der Waals surface area (Å²) in [5.74, 6) is 0. The maximum absolute atomic E-state index is 2.31. The van der Waals surface area contributed by atoms with Crippen molar-refractivity contribution in [3.63, 3.8) is 0 Å². The molecular weight excluding hydrogens is 184 g/mol. The Morgan fingerprint density at radius 1 is 0.867 bits per heavy atom. The van der Waals surface area contributed by atoms with Crippen molar-refractivity contribution in [1.29, 1.82) is 0 Å². The van der Waals surface area contributed by atoms with Crippen molar-refractivity contribution in [3.8, 4) is 0 Å². The van der Waals surface area contributed by atoms with Gasteiger partial charge in [-0.1, -0.05) is 12.1 Å². The molecule has 1 aromatic carbocycles. The maximum atomic E-state index is 2.31. The number of hydrogen-bond acceptors (Lipinski definition) is 2. The zero-order valence-corrected chi connectivity index (χ0v) is 10.7. The zero-order valence-electron chi connectivity index (χ0n) is 10.7. The van der Waals surface area contributed by atoms with E-state index in [1.54, 1.807) is 0 Å². The van der Waals surface area contributed by atoms with E-state index >= 15 is 0 Å². The third-order valence-corrected chi connectivity index (χ3v) is 2.73. The molecule has 0 amide bonds. The predicted octanol–water partition coefficient (Wildman–Crippen LogP) is 2.99. The summed E-state index contributed by atoms with van der Waals surface area (Å²) in [6, 6.07) is 8.48. The highest BCUT2D eigenvalue weighted by Gasteiger charge is 2.19. The molecule has 0 saturated carbocycles. The number of nitrogens with zero attached hydrogens (tertiary/aromatic N) is 2. The second kappa shape index (κ2) is 4.13. The second-order valence-corrected chi connectivity index (χ2v) is 5.11. The molecule has 0 aliphatic rings. The van der Waals surface area contributed by atoms with E-state index in [4.69, 9.17) is 0 Å². The molecule has 0 fully saturated rings. The van der Waals surface area contributed by atoms with Crippen LogP contribution >= 0.6 is 0 Å². The van der Waals surface area contributed by atoms with E-state index in [-0.39, 0.29) is 5.54 Å². The highest BCUT2D eigenvalue weighted by molar-refractivity contribution is 5.71. The van der Waals surface area contributed by atoms with Gasteiger partial charge in [0.15, 0.2) is 0 Å². The fraction of sp³-hybridized carbons (Fsp3) is 0.538. The van der Waals surface area contributed by atoms with E-state index in [1.807, 2.05) is 0 Å².